The summed E-state index contributed by atoms with van der Waals surface area (Å²) in [6.45, 7) is 3.07. The number of hydroxylamine groups is 2. The van der Waals surface area contributed by atoms with E-state index in [4.69, 9.17) is 9.57 Å². The van der Waals surface area contributed by atoms with Gasteiger partial charge in [-0.25, -0.2) is 9.86 Å². The van der Waals surface area contributed by atoms with E-state index < -0.39 is 5.97 Å². The van der Waals surface area contributed by atoms with E-state index in [-0.39, 0.29) is 42.3 Å². The molecule has 0 aromatic carbocycles. The molecule has 2 atom stereocenters. The standard InChI is InChI=1S/C21H33NO6/c1-15-8-6-5-7-9-17(14-20(25)22(3)27-4)12-18(10-11-23)13-19(16(2)24)21(26)28-15/h5-6,10,15,17,23-24H,7-9,11-14H2,1-4H3/b6-5+,18-10-,19-16-. The van der Waals surface area contributed by atoms with Crippen LogP contribution < -0.4 is 0 Å². The predicted octanol–water partition coefficient (Wildman–Crippen LogP) is 3.22. The highest BCUT2D eigenvalue weighted by Gasteiger charge is 2.23. The smallest absolute Gasteiger partial charge is 0.338 e. The maximum Gasteiger partial charge on any atom is 0.338 e. The summed E-state index contributed by atoms with van der Waals surface area (Å²) >= 11 is 0. The molecule has 158 valence electrons. The van der Waals surface area contributed by atoms with Gasteiger partial charge in [0.2, 0.25) is 5.91 Å². The van der Waals surface area contributed by atoms with Gasteiger partial charge in [0.05, 0.1) is 25.0 Å². The summed E-state index contributed by atoms with van der Waals surface area (Å²) in [5, 5.41) is 20.6. The highest BCUT2D eigenvalue weighted by Crippen LogP contribution is 2.28. The van der Waals surface area contributed by atoms with E-state index in [9.17, 15) is 19.8 Å². The van der Waals surface area contributed by atoms with Crippen LogP contribution in [0, 0.1) is 5.92 Å². The summed E-state index contributed by atoms with van der Waals surface area (Å²) in [7, 11) is 3.01. The van der Waals surface area contributed by atoms with E-state index in [2.05, 4.69) is 0 Å². The molecule has 1 aliphatic rings. The Kier molecular flexibility index (Phi) is 10.6. The molecular formula is C21H33NO6. The van der Waals surface area contributed by atoms with Crippen molar-refractivity contribution < 1.29 is 29.4 Å². The normalized spacial score (nSPS) is 26.5. The van der Waals surface area contributed by atoms with E-state index in [0.29, 0.717) is 19.3 Å². The molecule has 0 aromatic rings. The van der Waals surface area contributed by atoms with Crippen LogP contribution >= 0.6 is 0 Å². The van der Waals surface area contributed by atoms with Crippen LogP contribution in [0.1, 0.15) is 52.4 Å². The van der Waals surface area contributed by atoms with E-state index in [0.717, 1.165) is 18.4 Å². The maximum atomic E-state index is 12.5. The highest BCUT2D eigenvalue weighted by molar-refractivity contribution is 5.89. The number of ether oxygens (including phenoxy) is 1. The molecule has 0 saturated carbocycles. The van der Waals surface area contributed by atoms with Crippen molar-refractivity contribution in [1.29, 1.82) is 0 Å². The topological polar surface area (TPSA) is 96.3 Å². The Morgan fingerprint density at radius 2 is 2.14 bits per heavy atom. The monoisotopic (exact) mass is 395 g/mol. The largest absolute Gasteiger partial charge is 0.512 e. The maximum absolute atomic E-state index is 12.5. The lowest BCUT2D eigenvalue weighted by molar-refractivity contribution is -0.169. The number of esters is 1. The molecule has 0 bridgehead atoms. The van der Waals surface area contributed by atoms with Crippen molar-refractivity contribution in [1.82, 2.24) is 5.06 Å². The molecule has 1 heterocycles. The summed E-state index contributed by atoms with van der Waals surface area (Å²) in [5.74, 6) is -0.776. The number of aliphatic hydroxyl groups excluding tert-OH is 2. The number of nitrogens with zero attached hydrogens (tertiary/aromatic N) is 1. The number of amides is 1. The number of carbonyl (C=O) groups excluding carboxylic acids is 2. The van der Waals surface area contributed by atoms with Crippen LogP contribution in [0.15, 0.2) is 35.1 Å². The van der Waals surface area contributed by atoms with Crippen LogP contribution in [0.25, 0.3) is 0 Å². The number of hydrogen-bond donors (Lipinski definition) is 2. The van der Waals surface area contributed by atoms with Gasteiger partial charge in [-0.05, 0) is 39.0 Å². The van der Waals surface area contributed by atoms with Crippen molar-refractivity contribution in [2.75, 3.05) is 20.8 Å². The van der Waals surface area contributed by atoms with Crippen molar-refractivity contribution in [3.05, 3.63) is 35.1 Å². The van der Waals surface area contributed by atoms with Crippen molar-refractivity contribution >= 4 is 11.9 Å². The Bertz CT molecular complexity index is 618. The van der Waals surface area contributed by atoms with Gasteiger partial charge in [-0.3, -0.25) is 9.63 Å². The molecule has 0 saturated heterocycles. The Hall–Kier alpha value is -2.12. The first-order valence-corrected chi connectivity index (χ1v) is 9.62. The number of allylic oxidation sites excluding steroid dienone is 3. The van der Waals surface area contributed by atoms with E-state index >= 15 is 0 Å². The summed E-state index contributed by atoms with van der Waals surface area (Å²) in [5.41, 5.74) is 0.963. The SMILES string of the molecule is CON(C)C(=O)CC1CC/C=C/CC(C)OC(=O)/C(=C(/C)O)C/C(=C\CO)C1. The fourth-order valence-electron chi connectivity index (χ4n) is 3.10. The average Bonchev–Trinajstić information content (AvgIpc) is 2.64. The van der Waals surface area contributed by atoms with Crippen molar-refractivity contribution in [2.45, 2.75) is 58.5 Å². The van der Waals surface area contributed by atoms with Crippen LogP contribution in [0.2, 0.25) is 0 Å². The van der Waals surface area contributed by atoms with Crippen molar-refractivity contribution in [2.24, 2.45) is 5.92 Å². The van der Waals surface area contributed by atoms with Crippen LogP contribution in [-0.2, 0) is 19.2 Å². The number of carbonyl (C=O) groups is 2. The molecule has 1 aliphatic heterocycles. The molecule has 1 amide bonds. The Labute approximate surface area is 167 Å². The summed E-state index contributed by atoms with van der Waals surface area (Å²) < 4.78 is 5.43. The number of aliphatic hydroxyl groups is 2. The second kappa shape index (κ2) is 12.4. The number of rotatable bonds is 4. The fourth-order valence-corrected chi connectivity index (χ4v) is 3.10. The molecule has 2 unspecified atom stereocenters. The third-order valence-corrected chi connectivity index (χ3v) is 4.79. The first kappa shape index (κ1) is 23.9. The van der Waals surface area contributed by atoms with Gasteiger partial charge in [-0.1, -0.05) is 23.8 Å². The minimum absolute atomic E-state index is 0.0157. The highest BCUT2D eigenvalue weighted by atomic mass is 16.7. The molecule has 1 rings (SSSR count). The quantitative estimate of drug-likeness (QED) is 0.249. The zero-order valence-corrected chi connectivity index (χ0v) is 17.3. The first-order chi connectivity index (χ1) is 13.3. The molecule has 7 heteroatoms. The first-order valence-electron chi connectivity index (χ1n) is 9.62. The molecule has 0 aromatic heterocycles. The lowest BCUT2D eigenvalue weighted by atomic mass is 9.88. The van der Waals surface area contributed by atoms with Gasteiger partial charge in [0.15, 0.2) is 0 Å². The molecule has 28 heavy (non-hydrogen) atoms. The van der Waals surface area contributed by atoms with Crippen molar-refractivity contribution in [3.8, 4) is 0 Å². The molecule has 0 radical (unpaired) electrons. The van der Waals surface area contributed by atoms with Gasteiger partial charge in [-0.2, -0.15) is 0 Å². The molecule has 0 spiro atoms. The van der Waals surface area contributed by atoms with Gasteiger partial charge in [0.1, 0.15) is 6.10 Å². The van der Waals surface area contributed by atoms with E-state index in [1.54, 1.807) is 20.0 Å². The summed E-state index contributed by atoms with van der Waals surface area (Å²) in [6.07, 6.45) is 8.47. The van der Waals surface area contributed by atoms with Gasteiger partial charge in [0.25, 0.3) is 0 Å². The summed E-state index contributed by atoms with van der Waals surface area (Å²) in [4.78, 5) is 29.7. The van der Waals surface area contributed by atoms with Crippen LogP contribution in [0.4, 0.5) is 0 Å². The average molecular weight is 395 g/mol. The summed E-state index contributed by atoms with van der Waals surface area (Å²) in [6, 6.07) is 0. The van der Waals surface area contributed by atoms with Gasteiger partial charge in [0, 0.05) is 26.3 Å². The molecule has 2 N–H and O–H groups in total. The second-order valence-corrected chi connectivity index (χ2v) is 7.13. The predicted molar refractivity (Wildman–Crippen MR) is 106 cm³/mol. The Balaban J connectivity index is 3.13. The van der Waals surface area contributed by atoms with E-state index in [1.807, 2.05) is 12.2 Å². The van der Waals surface area contributed by atoms with Gasteiger partial charge in [-0.15, -0.1) is 0 Å². The third kappa shape index (κ3) is 8.27. The fraction of sp³-hybridized carbons (Fsp3) is 0.619. The molecule has 7 nitrogen and oxygen atoms in total. The van der Waals surface area contributed by atoms with E-state index in [1.165, 1.54) is 19.1 Å². The van der Waals surface area contributed by atoms with Gasteiger partial charge >= 0.3 is 5.97 Å². The molecule has 0 fully saturated rings. The number of hydrogen-bond acceptors (Lipinski definition) is 6. The Morgan fingerprint density at radius 3 is 2.75 bits per heavy atom. The number of cyclic esters (lactones) is 1. The molecule has 0 aliphatic carbocycles. The zero-order chi connectivity index (χ0) is 21.1. The van der Waals surface area contributed by atoms with Crippen LogP contribution in [0.5, 0.6) is 0 Å². The minimum Gasteiger partial charge on any atom is -0.512 e. The van der Waals surface area contributed by atoms with Gasteiger partial charge < -0.3 is 14.9 Å². The van der Waals surface area contributed by atoms with Crippen molar-refractivity contribution in [3.63, 3.8) is 0 Å². The Morgan fingerprint density at radius 1 is 1.43 bits per heavy atom. The molecular weight excluding hydrogens is 362 g/mol. The van der Waals surface area contributed by atoms with Crippen LogP contribution in [0.3, 0.4) is 0 Å². The van der Waals surface area contributed by atoms with Crippen LogP contribution in [-0.4, -0.2) is 54.0 Å². The second-order valence-electron chi connectivity index (χ2n) is 7.13. The minimum atomic E-state index is -0.560. The third-order valence-electron chi connectivity index (χ3n) is 4.79. The lowest BCUT2D eigenvalue weighted by Crippen LogP contribution is -2.27. The zero-order valence-electron chi connectivity index (χ0n) is 17.3. The lowest BCUT2D eigenvalue weighted by Gasteiger charge is -2.21.